The van der Waals surface area contributed by atoms with Crippen LogP contribution in [0.4, 0.5) is 0 Å². The quantitative estimate of drug-likeness (QED) is 0.424. The zero-order valence-corrected chi connectivity index (χ0v) is 4.51. The molecule has 1 unspecified atom stereocenters. The predicted octanol–water partition coefficient (Wildman–Crippen LogP) is -0.976. The lowest BCUT2D eigenvalue weighted by atomic mass is 10.2. The Morgan fingerprint density at radius 3 is 2.62 bits per heavy atom. The van der Waals surface area contributed by atoms with E-state index in [-0.39, 0.29) is 11.8 Å². The fourth-order valence-corrected chi connectivity index (χ4v) is 0.448. The topological polar surface area (TPSA) is 67.5 Å². The maximum atomic E-state index is 10.5. The molecule has 1 amide bonds. The molecule has 1 aliphatic heterocycles. The third-order valence-corrected chi connectivity index (χ3v) is 1.13. The van der Waals surface area contributed by atoms with Crippen molar-refractivity contribution in [3.63, 3.8) is 0 Å². The van der Waals surface area contributed by atoms with Crippen molar-refractivity contribution in [3.8, 4) is 0 Å². The van der Waals surface area contributed by atoms with Crippen molar-refractivity contribution in [3.05, 3.63) is 0 Å². The van der Waals surface area contributed by atoms with Crippen molar-refractivity contribution in [1.82, 2.24) is 5.43 Å². The molecule has 0 saturated heterocycles. The summed E-state index contributed by atoms with van der Waals surface area (Å²) in [7, 11) is 0. The van der Waals surface area contributed by atoms with E-state index in [0.29, 0.717) is 5.84 Å². The maximum absolute atomic E-state index is 10.5. The van der Waals surface area contributed by atoms with E-state index >= 15 is 0 Å². The summed E-state index contributed by atoms with van der Waals surface area (Å²) in [5.74, 6) is 0.00694. The van der Waals surface area contributed by atoms with Crippen LogP contribution < -0.4 is 11.2 Å². The molecule has 0 aliphatic carbocycles. The highest BCUT2D eigenvalue weighted by molar-refractivity contribution is 6.05. The molecule has 44 valence electrons. The average Bonchev–Trinajstić information content (AvgIpc) is 1.98. The molecule has 0 fully saturated rings. The predicted molar refractivity (Wildman–Crippen MR) is 28.9 cm³/mol. The Kier molecular flexibility index (Phi) is 0.932. The first kappa shape index (κ1) is 5.08. The van der Waals surface area contributed by atoms with Crippen LogP contribution in [-0.4, -0.2) is 11.7 Å². The lowest BCUT2D eigenvalue weighted by Crippen LogP contribution is -2.24. The summed E-state index contributed by atoms with van der Waals surface area (Å²) in [6.07, 6.45) is 0. The van der Waals surface area contributed by atoms with E-state index in [9.17, 15) is 4.79 Å². The Morgan fingerprint density at radius 1 is 1.88 bits per heavy atom. The van der Waals surface area contributed by atoms with Gasteiger partial charge in [-0.3, -0.25) is 4.79 Å². The molecule has 4 nitrogen and oxygen atoms in total. The van der Waals surface area contributed by atoms with Crippen LogP contribution in [0.3, 0.4) is 0 Å². The van der Waals surface area contributed by atoms with Crippen molar-refractivity contribution in [2.75, 3.05) is 0 Å². The van der Waals surface area contributed by atoms with Gasteiger partial charge in [0, 0.05) is 0 Å². The first-order chi connectivity index (χ1) is 3.72. The van der Waals surface area contributed by atoms with Gasteiger partial charge in [0.25, 0.3) is 5.91 Å². The van der Waals surface area contributed by atoms with Crippen LogP contribution in [-0.2, 0) is 4.79 Å². The summed E-state index contributed by atoms with van der Waals surface area (Å²) in [4.78, 5) is 10.5. The van der Waals surface area contributed by atoms with Gasteiger partial charge in [-0.2, -0.15) is 5.10 Å². The van der Waals surface area contributed by atoms with Crippen molar-refractivity contribution in [1.29, 1.82) is 0 Å². The van der Waals surface area contributed by atoms with E-state index in [1.807, 2.05) is 0 Å². The zero-order valence-electron chi connectivity index (χ0n) is 4.51. The Labute approximate surface area is 46.7 Å². The van der Waals surface area contributed by atoms with Crippen LogP contribution in [0.25, 0.3) is 0 Å². The Bertz CT molecular complexity index is 151. The largest absolute Gasteiger partial charge is 0.385 e. The van der Waals surface area contributed by atoms with E-state index in [0.717, 1.165) is 0 Å². The fourth-order valence-electron chi connectivity index (χ4n) is 0.448. The third-order valence-electron chi connectivity index (χ3n) is 1.13. The van der Waals surface area contributed by atoms with E-state index in [1.54, 1.807) is 6.92 Å². The molecular formula is C4H7N3O. The summed E-state index contributed by atoms with van der Waals surface area (Å²) in [5.41, 5.74) is 7.48. The van der Waals surface area contributed by atoms with Crippen molar-refractivity contribution in [2.24, 2.45) is 16.8 Å². The maximum Gasteiger partial charge on any atom is 0.250 e. The number of rotatable bonds is 0. The van der Waals surface area contributed by atoms with Gasteiger partial charge in [-0.05, 0) is 6.92 Å². The molecule has 1 rings (SSSR count). The first-order valence-corrected chi connectivity index (χ1v) is 2.34. The number of nitrogens with one attached hydrogen (secondary N) is 1. The van der Waals surface area contributed by atoms with Gasteiger partial charge in [-0.1, -0.05) is 0 Å². The van der Waals surface area contributed by atoms with Crippen LogP contribution in [0.15, 0.2) is 5.10 Å². The van der Waals surface area contributed by atoms with Gasteiger partial charge in [-0.15, -0.1) is 0 Å². The van der Waals surface area contributed by atoms with Gasteiger partial charge in [-0.25, -0.2) is 5.43 Å². The molecule has 0 aromatic carbocycles. The van der Waals surface area contributed by atoms with Crippen LogP contribution in [0.5, 0.6) is 0 Å². The Hall–Kier alpha value is -1.06. The van der Waals surface area contributed by atoms with Crippen molar-refractivity contribution in [2.45, 2.75) is 6.92 Å². The van der Waals surface area contributed by atoms with E-state index in [2.05, 4.69) is 10.5 Å². The smallest absolute Gasteiger partial charge is 0.250 e. The average molecular weight is 113 g/mol. The van der Waals surface area contributed by atoms with Crippen molar-refractivity contribution < 1.29 is 4.79 Å². The summed E-state index contributed by atoms with van der Waals surface area (Å²) in [6, 6.07) is 0. The molecule has 0 aromatic rings. The summed E-state index contributed by atoms with van der Waals surface area (Å²) >= 11 is 0. The monoisotopic (exact) mass is 113 g/mol. The van der Waals surface area contributed by atoms with Crippen LogP contribution in [0.2, 0.25) is 0 Å². The molecule has 1 atom stereocenters. The number of nitrogens with zero attached hydrogens (tertiary/aromatic N) is 1. The van der Waals surface area contributed by atoms with Gasteiger partial charge < -0.3 is 5.73 Å². The molecule has 0 spiro atoms. The second-order valence-corrected chi connectivity index (χ2v) is 1.73. The molecule has 8 heavy (non-hydrogen) atoms. The van der Waals surface area contributed by atoms with Gasteiger partial charge >= 0.3 is 0 Å². The normalized spacial score (nSPS) is 27.4. The lowest BCUT2D eigenvalue weighted by molar-refractivity contribution is -0.121. The number of hydrogen-bond donors (Lipinski definition) is 2. The molecule has 1 heterocycles. The number of nitrogens with two attached hydrogens (primary N) is 1. The molecule has 0 saturated carbocycles. The molecule has 3 N–H and O–H groups in total. The molecular weight excluding hydrogens is 106 g/mol. The van der Waals surface area contributed by atoms with E-state index in [1.165, 1.54) is 0 Å². The number of amides is 1. The van der Waals surface area contributed by atoms with Crippen molar-refractivity contribution >= 4 is 11.7 Å². The summed E-state index contributed by atoms with van der Waals surface area (Å²) in [6.45, 7) is 1.71. The second kappa shape index (κ2) is 1.47. The second-order valence-electron chi connectivity index (χ2n) is 1.73. The number of carbonyl (C=O) groups excluding carboxylic acids is 1. The standard InChI is InChI=1S/C4H7N3O/c1-2-3(5)6-7-4(2)8/h2H,1H3,(H2,5,6)(H,7,8). The number of hydrazone groups is 1. The highest BCUT2D eigenvalue weighted by Gasteiger charge is 2.21. The molecule has 1 aliphatic rings. The Balaban J connectivity index is 2.72. The number of hydrogen-bond acceptors (Lipinski definition) is 3. The lowest BCUT2D eigenvalue weighted by Gasteiger charge is -1.93. The van der Waals surface area contributed by atoms with E-state index < -0.39 is 0 Å². The minimum Gasteiger partial charge on any atom is -0.385 e. The highest BCUT2D eigenvalue weighted by Crippen LogP contribution is 1.99. The van der Waals surface area contributed by atoms with E-state index in [4.69, 9.17) is 5.73 Å². The summed E-state index contributed by atoms with van der Waals surface area (Å²) < 4.78 is 0. The number of carbonyl (C=O) groups is 1. The Morgan fingerprint density at radius 2 is 2.50 bits per heavy atom. The van der Waals surface area contributed by atoms with Gasteiger partial charge in [0.1, 0.15) is 5.84 Å². The van der Waals surface area contributed by atoms with Crippen LogP contribution in [0, 0.1) is 5.92 Å². The first-order valence-electron chi connectivity index (χ1n) is 2.34. The molecule has 0 aromatic heterocycles. The van der Waals surface area contributed by atoms with Gasteiger partial charge in [0.15, 0.2) is 0 Å². The SMILES string of the molecule is CC1C(=O)NN=C1N. The van der Waals surface area contributed by atoms with Gasteiger partial charge in [0.2, 0.25) is 0 Å². The number of amidine groups is 1. The molecule has 0 radical (unpaired) electrons. The molecule has 4 heteroatoms. The minimum absolute atomic E-state index is 0.123. The fraction of sp³-hybridized carbons (Fsp3) is 0.500. The highest BCUT2D eigenvalue weighted by atomic mass is 16.2. The molecule has 0 bridgehead atoms. The third kappa shape index (κ3) is 0.538. The van der Waals surface area contributed by atoms with Crippen LogP contribution in [0.1, 0.15) is 6.92 Å². The minimum atomic E-state index is -0.241. The summed E-state index contributed by atoms with van der Waals surface area (Å²) in [5, 5.41) is 3.49. The zero-order chi connectivity index (χ0) is 6.15. The van der Waals surface area contributed by atoms with Gasteiger partial charge in [0.05, 0.1) is 5.92 Å². The van der Waals surface area contributed by atoms with Crippen LogP contribution >= 0.6 is 0 Å².